The predicted molar refractivity (Wildman–Crippen MR) is 75.1 cm³/mol. The van der Waals surface area contributed by atoms with E-state index in [1.165, 1.54) is 6.07 Å². The standard InChI is InChI=1S/C14H15N3O3/c1-3-20-10-6-4-9(5-7-10)13-16-11(14(18)19)8-12(15-2)17-13/h4-8H,3H2,1-2H3,(H,18,19)(H,15,16,17). The van der Waals surface area contributed by atoms with Gasteiger partial charge in [-0.15, -0.1) is 0 Å². The average Bonchev–Trinajstić information content (AvgIpc) is 2.47. The van der Waals surface area contributed by atoms with Crippen LogP contribution in [-0.4, -0.2) is 34.7 Å². The lowest BCUT2D eigenvalue weighted by atomic mass is 10.2. The van der Waals surface area contributed by atoms with Gasteiger partial charge in [-0.25, -0.2) is 14.8 Å². The van der Waals surface area contributed by atoms with Gasteiger partial charge in [-0.3, -0.25) is 0 Å². The molecule has 0 aliphatic heterocycles. The van der Waals surface area contributed by atoms with Gasteiger partial charge in [0.25, 0.3) is 0 Å². The second-order valence-electron chi connectivity index (χ2n) is 3.97. The summed E-state index contributed by atoms with van der Waals surface area (Å²) in [7, 11) is 1.68. The zero-order valence-corrected chi connectivity index (χ0v) is 11.3. The maximum Gasteiger partial charge on any atom is 0.354 e. The zero-order chi connectivity index (χ0) is 14.5. The van der Waals surface area contributed by atoms with Crippen molar-refractivity contribution in [1.82, 2.24) is 9.97 Å². The highest BCUT2D eigenvalue weighted by molar-refractivity contribution is 5.86. The Bertz CT molecular complexity index is 612. The van der Waals surface area contributed by atoms with Crippen molar-refractivity contribution in [3.63, 3.8) is 0 Å². The summed E-state index contributed by atoms with van der Waals surface area (Å²) in [5, 5.41) is 11.9. The molecule has 2 aromatic rings. The van der Waals surface area contributed by atoms with Crippen molar-refractivity contribution < 1.29 is 14.6 Å². The lowest BCUT2D eigenvalue weighted by Gasteiger charge is -2.07. The van der Waals surface area contributed by atoms with Crippen LogP contribution in [0.2, 0.25) is 0 Å². The molecule has 0 radical (unpaired) electrons. The molecule has 0 saturated heterocycles. The molecule has 2 N–H and O–H groups in total. The maximum absolute atomic E-state index is 11.1. The minimum absolute atomic E-state index is 0.0479. The number of nitrogens with zero attached hydrogens (tertiary/aromatic N) is 2. The Morgan fingerprint density at radius 3 is 2.55 bits per heavy atom. The quantitative estimate of drug-likeness (QED) is 0.869. The van der Waals surface area contributed by atoms with Gasteiger partial charge in [-0.1, -0.05) is 0 Å². The molecule has 0 atom stereocenters. The van der Waals surface area contributed by atoms with Crippen LogP contribution in [0, 0.1) is 0 Å². The number of hydrogen-bond donors (Lipinski definition) is 2. The van der Waals surface area contributed by atoms with Gasteiger partial charge in [0.15, 0.2) is 11.5 Å². The largest absolute Gasteiger partial charge is 0.494 e. The third kappa shape index (κ3) is 3.03. The maximum atomic E-state index is 11.1. The number of rotatable bonds is 5. The zero-order valence-electron chi connectivity index (χ0n) is 11.3. The van der Waals surface area contributed by atoms with E-state index in [2.05, 4.69) is 15.3 Å². The molecule has 6 nitrogen and oxygen atoms in total. The van der Waals surface area contributed by atoms with Gasteiger partial charge in [0.2, 0.25) is 0 Å². The molecule has 2 rings (SSSR count). The number of benzene rings is 1. The molecule has 104 valence electrons. The summed E-state index contributed by atoms with van der Waals surface area (Å²) in [6, 6.07) is 8.58. The molecule has 0 unspecified atom stereocenters. The smallest absolute Gasteiger partial charge is 0.354 e. The van der Waals surface area contributed by atoms with E-state index in [0.717, 1.165) is 11.3 Å². The highest BCUT2D eigenvalue weighted by Crippen LogP contribution is 2.21. The van der Waals surface area contributed by atoms with Crippen molar-refractivity contribution in [1.29, 1.82) is 0 Å². The number of aromatic carboxylic acids is 1. The molecule has 0 spiro atoms. The van der Waals surface area contributed by atoms with Crippen molar-refractivity contribution >= 4 is 11.8 Å². The number of carboxylic acids is 1. The number of ether oxygens (including phenoxy) is 1. The van der Waals surface area contributed by atoms with Crippen molar-refractivity contribution in [2.45, 2.75) is 6.92 Å². The minimum Gasteiger partial charge on any atom is -0.494 e. The van der Waals surface area contributed by atoms with Gasteiger partial charge >= 0.3 is 5.97 Å². The molecule has 0 bridgehead atoms. The highest BCUT2D eigenvalue weighted by atomic mass is 16.5. The summed E-state index contributed by atoms with van der Waals surface area (Å²) in [6.45, 7) is 2.50. The predicted octanol–water partition coefficient (Wildman–Crippen LogP) is 2.28. The number of anilines is 1. The van der Waals surface area contributed by atoms with Crippen LogP contribution in [0.15, 0.2) is 30.3 Å². The Labute approximate surface area is 116 Å². The molecule has 6 heteroatoms. The van der Waals surface area contributed by atoms with Crippen LogP contribution in [-0.2, 0) is 0 Å². The summed E-state index contributed by atoms with van der Waals surface area (Å²) in [6.07, 6.45) is 0. The van der Waals surface area contributed by atoms with Crippen LogP contribution in [0.5, 0.6) is 5.75 Å². The number of carbonyl (C=O) groups is 1. The average molecular weight is 273 g/mol. The second kappa shape index (κ2) is 6.01. The van der Waals surface area contributed by atoms with E-state index in [1.807, 2.05) is 6.92 Å². The van der Waals surface area contributed by atoms with Gasteiger partial charge < -0.3 is 15.2 Å². The molecule has 0 amide bonds. The van der Waals surface area contributed by atoms with Gasteiger partial charge in [-0.05, 0) is 31.2 Å². The lowest BCUT2D eigenvalue weighted by Crippen LogP contribution is -2.05. The van der Waals surface area contributed by atoms with Crippen molar-refractivity contribution in [2.24, 2.45) is 0 Å². The van der Waals surface area contributed by atoms with Gasteiger partial charge in [-0.2, -0.15) is 0 Å². The van der Waals surface area contributed by atoms with Gasteiger partial charge in [0.05, 0.1) is 6.61 Å². The summed E-state index contributed by atoms with van der Waals surface area (Å²) in [5.41, 5.74) is 0.682. The van der Waals surface area contributed by atoms with Gasteiger partial charge in [0, 0.05) is 18.7 Å². The molecule has 20 heavy (non-hydrogen) atoms. The number of carboxylic acid groups (broad SMARTS) is 1. The van der Waals surface area contributed by atoms with E-state index in [1.54, 1.807) is 31.3 Å². The summed E-state index contributed by atoms with van der Waals surface area (Å²) < 4.78 is 5.36. The van der Waals surface area contributed by atoms with Crippen molar-refractivity contribution in [2.75, 3.05) is 19.0 Å². The fourth-order valence-electron chi connectivity index (χ4n) is 1.68. The van der Waals surface area contributed by atoms with Crippen LogP contribution < -0.4 is 10.1 Å². The van der Waals surface area contributed by atoms with Gasteiger partial charge in [0.1, 0.15) is 11.6 Å². The van der Waals surface area contributed by atoms with E-state index in [4.69, 9.17) is 9.84 Å². The molecule has 0 aliphatic carbocycles. The van der Waals surface area contributed by atoms with E-state index in [0.29, 0.717) is 18.2 Å². The van der Waals surface area contributed by atoms with Crippen LogP contribution in [0.1, 0.15) is 17.4 Å². The minimum atomic E-state index is -1.09. The second-order valence-corrected chi connectivity index (χ2v) is 3.97. The number of nitrogens with one attached hydrogen (secondary N) is 1. The SMILES string of the molecule is CCOc1ccc(-c2nc(NC)cc(C(=O)O)n2)cc1. The Morgan fingerprint density at radius 2 is 2.00 bits per heavy atom. The molecular weight excluding hydrogens is 258 g/mol. The van der Waals surface area contributed by atoms with E-state index in [-0.39, 0.29) is 5.69 Å². The van der Waals surface area contributed by atoms with Crippen molar-refractivity contribution in [3.05, 3.63) is 36.0 Å². The third-order valence-electron chi connectivity index (χ3n) is 2.62. The Kier molecular flexibility index (Phi) is 4.14. The Morgan fingerprint density at radius 1 is 1.30 bits per heavy atom. The first-order valence-corrected chi connectivity index (χ1v) is 6.17. The molecule has 0 saturated carbocycles. The van der Waals surface area contributed by atoms with Crippen LogP contribution in [0.4, 0.5) is 5.82 Å². The van der Waals surface area contributed by atoms with E-state index < -0.39 is 5.97 Å². The third-order valence-corrected chi connectivity index (χ3v) is 2.62. The van der Waals surface area contributed by atoms with Crippen LogP contribution >= 0.6 is 0 Å². The van der Waals surface area contributed by atoms with E-state index >= 15 is 0 Å². The summed E-state index contributed by atoms with van der Waals surface area (Å²) >= 11 is 0. The molecular formula is C14H15N3O3. The van der Waals surface area contributed by atoms with Crippen LogP contribution in [0.25, 0.3) is 11.4 Å². The number of hydrogen-bond acceptors (Lipinski definition) is 5. The number of aromatic nitrogens is 2. The fourth-order valence-corrected chi connectivity index (χ4v) is 1.68. The van der Waals surface area contributed by atoms with Crippen LogP contribution in [0.3, 0.4) is 0 Å². The topological polar surface area (TPSA) is 84.3 Å². The van der Waals surface area contributed by atoms with Crippen molar-refractivity contribution in [3.8, 4) is 17.1 Å². The summed E-state index contributed by atoms with van der Waals surface area (Å²) in [5.74, 6) is 0.481. The normalized spacial score (nSPS) is 10.1. The first-order valence-electron chi connectivity index (χ1n) is 6.17. The first kappa shape index (κ1) is 13.8. The lowest BCUT2D eigenvalue weighted by molar-refractivity contribution is 0.0690. The fraction of sp³-hybridized carbons (Fsp3) is 0.214. The van der Waals surface area contributed by atoms with E-state index in [9.17, 15) is 4.79 Å². The molecule has 0 aliphatic rings. The highest BCUT2D eigenvalue weighted by Gasteiger charge is 2.11. The Balaban J connectivity index is 2.40. The first-order chi connectivity index (χ1) is 9.63. The molecule has 1 aromatic heterocycles. The molecule has 0 fully saturated rings. The monoisotopic (exact) mass is 273 g/mol. The molecule has 1 heterocycles. The molecule has 1 aromatic carbocycles. The summed E-state index contributed by atoms with van der Waals surface area (Å²) in [4.78, 5) is 19.3. The Hall–Kier alpha value is -2.63.